The van der Waals surface area contributed by atoms with Crippen molar-refractivity contribution in [2.75, 3.05) is 6.61 Å². The molecule has 0 heterocycles. The lowest BCUT2D eigenvalue weighted by Gasteiger charge is -2.10. The first-order valence-corrected chi connectivity index (χ1v) is 5.75. The van der Waals surface area contributed by atoms with Crippen LogP contribution >= 0.6 is 0 Å². The summed E-state index contributed by atoms with van der Waals surface area (Å²) in [4.78, 5) is 0. The lowest BCUT2D eigenvalue weighted by molar-refractivity contribution is 0.214. The van der Waals surface area contributed by atoms with E-state index in [-0.39, 0.29) is 0 Å². The molecular formula is C12H22O. The molecule has 0 bridgehead atoms. The lowest BCUT2D eigenvalue weighted by Crippen LogP contribution is -1.94. The highest BCUT2D eigenvalue weighted by Crippen LogP contribution is 2.17. The molecule has 0 atom stereocenters. The molecule has 0 aromatic carbocycles. The van der Waals surface area contributed by atoms with Crippen LogP contribution in [0.5, 0.6) is 0 Å². The molecule has 0 saturated heterocycles. The minimum absolute atomic E-state index is 0.825. The molecule has 1 aliphatic rings. The van der Waals surface area contributed by atoms with Gasteiger partial charge < -0.3 is 4.74 Å². The predicted molar refractivity (Wildman–Crippen MR) is 56.6 cm³/mol. The summed E-state index contributed by atoms with van der Waals surface area (Å²) in [5, 5.41) is 0. The van der Waals surface area contributed by atoms with Crippen LogP contribution in [0.1, 0.15) is 58.3 Å². The van der Waals surface area contributed by atoms with Crippen LogP contribution in [0.25, 0.3) is 0 Å². The van der Waals surface area contributed by atoms with Crippen LogP contribution < -0.4 is 0 Å². The third-order valence-electron chi connectivity index (χ3n) is 2.58. The van der Waals surface area contributed by atoms with Crippen molar-refractivity contribution in [3.8, 4) is 0 Å². The molecule has 0 aromatic heterocycles. The van der Waals surface area contributed by atoms with E-state index in [0.29, 0.717) is 0 Å². The zero-order valence-electron chi connectivity index (χ0n) is 8.85. The Labute approximate surface area is 82.2 Å². The molecule has 0 amide bonds. The van der Waals surface area contributed by atoms with Crippen LogP contribution in [0, 0.1) is 0 Å². The Morgan fingerprint density at radius 3 is 2.54 bits per heavy atom. The van der Waals surface area contributed by atoms with E-state index in [1.54, 1.807) is 0 Å². The maximum Gasteiger partial charge on any atom is 0.0919 e. The summed E-state index contributed by atoms with van der Waals surface area (Å²) in [6, 6.07) is 0. The molecular weight excluding hydrogens is 160 g/mol. The van der Waals surface area contributed by atoms with Gasteiger partial charge in [-0.15, -0.1) is 0 Å². The molecule has 0 unspecified atom stereocenters. The summed E-state index contributed by atoms with van der Waals surface area (Å²) in [5.41, 5.74) is 0. The first-order chi connectivity index (χ1) is 6.43. The average Bonchev–Trinajstić information content (AvgIpc) is 2.16. The van der Waals surface area contributed by atoms with Gasteiger partial charge in [0, 0.05) is 6.42 Å². The Hall–Kier alpha value is -0.460. The van der Waals surface area contributed by atoms with Gasteiger partial charge in [-0.1, -0.05) is 25.7 Å². The Balaban J connectivity index is 2.33. The van der Waals surface area contributed by atoms with Gasteiger partial charge in [-0.2, -0.15) is 0 Å². The molecule has 0 aliphatic heterocycles. The second kappa shape index (κ2) is 6.99. The van der Waals surface area contributed by atoms with E-state index >= 15 is 0 Å². The third-order valence-corrected chi connectivity index (χ3v) is 2.58. The fourth-order valence-corrected chi connectivity index (χ4v) is 1.83. The van der Waals surface area contributed by atoms with Crippen molar-refractivity contribution in [3.63, 3.8) is 0 Å². The number of rotatable bonds is 2. The van der Waals surface area contributed by atoms with Crippen molar-refractivity contribution in [2.24, 2.45) is 0 Å². The van der Waals surface area contributed by atoms with Crippen molar-refractivity contribution in [1.29, 1.82) is 0 Å². The summed E-state index contributed by atoms with van der Waals surface area (Å²) in [6.45, 7) is 2.89. The van der Waals surface area contributed by atoms with Crippen LogP contribution in [0.15, 0.2) is 11.8 Å². The normalized spacial score (nSPS) is 24.5. The number of ether oxygens (including phenoxy) is 1. The van der Waals surface area contributed by atoms with Crippen molar-refractivity contribution >= 4 is 0 Å². The summed E-state index contributed by atoms with van der Waals surface area (Å²) in [7, 11) is 0. The van der Waals surface area contributed by atoms with Gasteiger partial charge in [0.15, 0.2) is 0 Å². The Morgan fingerprint density at radius 2 is 1.77 bits per heavy atom. The molecule has 0 spiro atoms. The maximum absolute atomic E-state index is 5.58. The number of allylic oxidation sites excluding steroid dienone is 2. The molecule has 1 aliphatic carbocycles. The Kier molecular flexibility index (Phi) is 5.71. The standard InChI is InChI=1S/C12H22O/c1-2-13-12-10-8-6-4-3-5-7-9-11-12/h10H,2-9,11H2,1H3/b12-10+. The van der Waals surface area contributed by atoms with E-state index in [2.05, 4.69) is 13.0 Å². The summed E-state index contributed by atoms with van der Waals surface area (Å²) in [5.74, 6) is 1.24. The highest BCUT2D eigenvalue weighted by Gasteiger charge is 2.00. The van der Waals surface area contributed by atoms with E-state index in [1.807, 2.05) is 0 Å². The van der Waals surface area contributed by atoms with Gasteiger partial charge in [0.25, 0.3) is 0 Å². The fraction of sp³-hybridized carbons (Fsp3) is 0.833. The average molecular weight is 182 g/mol. The molecule has 0 radical (unpaired) electrons. The molecule has 0 saturated carbocycles. The van der Waals surface area contributed by atoms with Gasteiger partial charge in [0.05, 0.1) is 12.4 Å². The quantitative estimate of drug-likeness (QED) is 0.626. The summed E-state index contributed by atoms with van der Waals surface area (Å²) in [6.07, 6.45) is 13.0. The zero-order valence-corrected chi connectivity index (χ0v) is 8.85. The Morgan fingerprint density at radius 1 is 1.08 bits per heavy atom. The largest absolute Gasteiger partial charge is 0.499 e. The van der Waals surface area contributed by atoms with Crippen LogP contribution in [0.3, 0.4) is 0 Å². The van der Waals surface area contributed by atoms with E-state index in [1.165, 1.54) is 50.7 Å². The number of hydrogen-bond acceptors (Lipinski definition) is 1. The molecule has 76 valence electrons. The van der Waals surface area contributed by atoms with Crippen LogP contribution in [0.4, 0.5) is 0 Å². The highest BCUT2D eigenvalue weighted by atomic mass is 16.5. The van der Waals surface area contributed by atoms with Gasteiger partial charge in [0.1, 0.15) is 0 Å². The van der Waals surface area contributed by atoms with Crippen molar-refractivity contribution in [3.05, 3.63) is 11.8 Å². The van der Waals surface area contributed by atoms with E-state index < -0.39 is 0 Å². The van der Waals surface area contributed by atoms with Gasteiger partial charge in [-0.3, -0.25) is 0 Å². The Bertz CT molecular complexity index is 149. The molecule has 1 nitrogen and oxygen atoms in total. The molecule has 0 aromatic rings. The van der Waals surface area contributed by atoms with E-state index in [4.69, 9.17) is 4.74 Å². The lowest BCUT2D eigenvalue weighted by atomic mass is 10.0. The van der Waals surface area contributed by atoms with E-state index in [0.717, 1.165) is 13.0 Å². The van der Waals surface area contributed by atoms with Gasteiger partial charge in [0.2, 0.25) is 0 Å². The van der Waals surface area contributed by atoms with Crippen LogP contribution in [-0.2, 0) is 4.74 Å². The molecule has 0 N–H and O–H groups in total. The maximum atomic E-state index is 5.58. The first kappa shape index (κ1) is 10.6. The minimum Gasteiger partial charge on any atom is -0.499 e. The fourth-order valence-electron chi connectivity index (χ4n) is 1.83. The first-order valence-electron chi connectivity index (χ1n) is 5.75. The summed E-state index contributed by atoms with van der Waals surface area (Å²) >= 11 is 0. The van der Waals surface area contributed by atoms with Crippen LogP contribution in [0.2, 0.25) is 0 Å². The molecule has 13 heavy (non-hydrogen) atoms. The summed E-state index contributed by atoms with van der Waals surface area (Å²) < 4.78 is 5.58. The monoisotopic (exact) mass is 182 g/mol. The van der Waals surface area contributed by atoms with Gasteiger partial charge in [-0.25, -0.2) is 0 Å². The zero-order chi connectivity index (χ0) is 9.36. The van der Waals surface area contributed by atoms with Crippen LogP contribution in [-0.4, -0.2) is 6.61 Å². The smallest absolute Gasteiger partial charge is 0.0919 e. The van der Waals surface area contributed by atoms with E-state index in [9.17, 15) is 0 Å². The third kappa shape index (κ3) is 4.97. The molecule has 1 rings (SSSR count). The predicted octanol–water partition coefficient (Wildman–Crippen LogP) is 4.04. The highest BCUT2D eigenvalue weighted by molar-refractivity contribution is 4.93. The van der Waals surface area contributed by atoms with Gasteiger partial charge in [-0.05, 0) is 32.3 Å². The van der Waals surface area contributed by atoms with Crippen molar-refractivity contribution in [1.82, 2.24) is 0 Å². The molecule has 1 heteroatoms. The second-order valence-corrected chi connectivity index (χ2v) is 3.76. The second-order valence-electron chi connectivity index (χ2n) is 3.76. The van der Waals surface area contributed by atoms with Crippen molar-refractivity contribution in [2.45, 2.75) is 58.3 Å². The van der Waals surface area contributed by atoms with Crippen molar-refractivity contribution < 1.29 is 4.74 Å². The topological polar surface area (TPSA) is 9.23 Å². The number of hydrogen-bond donors (Lipinski definition) is 0. The SMILES string of the molecule is CCO/C1=C/CCCCCCCC1. The molecule has 0 fully saturated rings. The van der Waals surface area contributed by atoms with Gasteiger partial charge >= 0.3 is 0 Å². The minimum atomic E-state index is 0.825.